The number of carbonyl (C=O) groups is 2. The Hall–Kier alpha value is -2.12. The maximum Gasteiger partial charge on any atom is 0.341 e. The number of carboxylic acids is 2. The first-order valence-corrected chi connectivity index (χ1v) is 3.37. The van der Waals surface area contributed by atoms with Gasteiger partial charge >= 0.3 is 11.9 Å². The van der Waals surface area contributed by atoms with Gasteiger partial charge in [0, 0.05) is 0 Å². The number of pyridine rings is 1. The number of carboxylic acid groups (broad SMARTS) is 2. The van der Waals surface area contributed by atoms with Gasteiger partial charge < -0.3 is 10.2 Å². The number of rotatable bonds is 2. The highest BCUT2D eigenvalue weighted by molar-refractivity contribution is 6.01. The number of hydrogen-bond acceptors (Lipinski definition) is 3. The Bertz CT molecular complexity index is 460. The van der Waals surface area contributed by atoms with Crippen LogP contribution < -0.4 is 0 Å². The van der Waals surface area contributed by atoms with Crippen molar-refractivity contribution in [3.63, 3.8) is 0 Å². The van der Waals surface area contributed by atoms with E-state index in [-0.39, 0.29) is 0 Å². The van der Waals surface area contributed by atoms with Gasteiger partial charge in [-0.3, -0.25) is 0 Å². The number of nitrogens with zero attached hydrogens (tertiary/aromatic N) is 1. The fourth-order valence-corrected chi connectivity index (χ4v) is 0.903. The van der Waals surface area contributed by atoms with Gasteiger partial charge in [0.05, 0.1) is 0 Å². The molecule has 5 nitrogen and oxygen atoms in total. The van der Waals surface area contributed by atoms with Crippen LogP contribution >= 0.6 is 0 Å². The van der Waals surface area contributed by atoms with E-state index >= 15 is 0 Å². The third-order valence-electron chi connectivity index (χ3n) is 1.48. The zero-order chi connectivity index (χ0) is 11.7. The van der Waals surface area contributed by atoms with Crippen molar-refractivity contribution < 1.29 is 33.0 Å². The van der Waals surface area contributed by atoms with Crippen LogP contribution in [-0.4, -0.2) is 27.1 Å². The molecule has 0 aromatic carbocycles. The minimum atomic E-state index is -2.09. The minimum Gasteiger partial charge on any atom is -0.478 e. The molecule has 0 aliphatic heterocycles. The van der Waals surface area contributed by atoms with Crippen LogP contribution in [0.1, 0.15) is 20.7 Å². The molecule has 0 aliphatic rings. The molecule has 0 saturated carbocycles. The van der Waals surface area contributed by atoms with Crippen LogP contribution in [0.4, 0.5) is 13.2 Å². The topological polar surface area (TPSA) is 87.5 Å². The van der Waals surface area contributed by atoms with E-state index in [1.54, 1.807) is 0 Å². The normalized spacial score (nSPS) is 10.1. The summed E-state index contributed by atoms with van der Waals surface area (Å²) in [6.07, 6.45) is 0. The van der Waals surface area contributed by atoms with Crippen molar-refractivity contribution >= 4 is 11.9 Å². The second kappa shape index (κ2) is 3.56. The number of hydrogen-bond donors (Lipinski definition) is 2. The molecule has 0 aliphatic carbocycles. The van der Waals surface area contributed by atoms with E-state index in [0.717, 1.165) is 0 Å². The van der Waals surface area contributed by atoms with Crippen molar-refractivity contribution in [3.05, 3.63) is 28.8 Å². The second-order valence-electron chi connectivity index (χ2n) is 2.37. The van der Waals surface area contributed by atoms with E-state index in [1.165, 1.54) is 0 Å². The van der Waals surface area contributed by atoms with Crippen molar-refractivity contribution in [2.24, 2.45) is 0 Å². The first-order chi connectivity index (χ1) is 6.86. The van der Waals surface area contributed by atoms with Gasteiger partial charge in [-0.1, -0.05) is 0 Å². The Morgan fingerprint density at radius 3 is 1.80 bits per heavy atom. The average Bonchev–Trinajstić information content (AvgIpc) is 2.09. The molecule has 0 fully saturated rings. The van der Waals surface area contributed by atoms with Crippen molar-refractivity contribution in [2.75, 3.05) is 0 Å². The predicted octanol–water partition coefficient (Wildman–Crippen LogP) is 0.895. The number of aromatic nitrogens is 1. The van der Waals surface area contributed by atoms with Crippen molar-refractivity contribution in [1.29, 1.82) is 0 Å². The van der Waals surface area contributed by atoms with E-state index in [4.69, 9.17) is 10.2 Å². The molecule has 1 rings (SSSR count). The van der Waals surface area contributed by atoms with Crippen molar-refractivity contribution in [1.82, 2.24) is 4.98 Å². The Balaban J connectivity index is 3.69. The lowest BCUT2D eigenvalue weighted by Crippen LogP contribution is -2.16. The van der Waals surface area contributed by atoms with Gasteiger partial charge in [-0.2, -0.15) is 13.8 Å². The van der Waals surface area contributed by atoms with E-state index in [0.29, 0.717) is 0 Å². The quantitative estimate of drug-likeness (QED) is 0.724. The summed E-state index contributed by atoms with van der Waals surface area (Å²) < 4.78 is 38.0. The van der Waals surface area contributed by atoms with Crippen LogP contribution in [0.2, 0.25) is 0 Å². The average molecular weight is 221 g/mol. The van der Waals surface area contributed by atoms with Gasteiger partial charge in [0.15, 0.2) is 5.82 Å². The van der Waals surface area contributed by atoms with Crippen LogP contribution in [0.25, 0.3) is 0 Å². The SMILES string of the molecule is O=C(O)c1c(F)nc(F)c(F)c1C(=O)O. The molecule has 15 heavy (non-hydrogen) atoms. The van der Waals surface area contributed by atoms with Gasteiger partial charge in [0.1, 0.15) is 11.1 Å². The molecule has 80 valence electrons. The molecular formula is C7H2F3NO4. The van der Waals surface area contributed by atoms with E-state index in [9.17, 15) is 22.8 Å². The summed E-state index contributed by atoms with van der Waals surface area (Å²) in [5, 5.41) is 16.8. The largest absolute Gasteiger partial charge is 0.478 e. The smallest absolute Gasteiger partial charge is 0.341 e. The maximum absolute atomic E-state index is 12.8. The zero-order valence-electron chi connectivity index (χ0n) is 6.79. The standard InChI is InChI=1S/C7H2F3NO4/c8-3-1(6(12)13)2(7(14)15)4(9)11-5(3)10/h(H,12,13)(H,14,15). The Morgan fingerprint density at radius 1 is 0.933 bits per heavy atom. The van der Waals surface area contributed by atoms with Gasteiger partial charge in [-0.15, -0.1) is 0 Å². The lowest BCUT2D eigenvalue weighted by atomic mass is 10.1. The highest BCUT2D eigenvalue weighted by Crippen LogP contribution is 2.18. The summed E-state index contributed by atoms with van der Waals surface area (Å²) in [6, 6.07) is 0. The molecule has 0 unspecified atom stereocenters. The van der Waals surface area contributed by atoms with Crippen molar-refractivity contribution in [3.8, 4) is 0 Å². The van der Waals surface area contributed by atoms with Crippen molar-refractivity contribution in [2.45, 2.75) is 0 Å². The summed E-state index contributed by atoms with van der Waals surface area (Å²) in [5.74, 6) is -10.0. The lowest BCUT2D eigenvalue weighted by molar-refractivity contribution is 0.0639. The summed E-state index contributed by atoms with van der Waals surface area (Å²) in [4.78, 5) is 23.1. The lowest BCUT2D eigenvalue weighted by Gasteiger charge is -2.03. The van der Waals surface area contributed by atoms with Crippen LogP contribution in [0, 0.1) is 17.7 Å². The molecule has 0 bridgehead atoms. The van der Waals surface area contributed by atoms with Crippen LogP contribution in [0.5, 0.6) is 0 Å². The molecular weight excluding hydrogens is 219 g/mol. The Labute approximate surface area is 79.8 Å². The van der Waals surface area contributed by atoms with Gasteiger partial charge in [0.25, 0.3) is 5.95 Å². The molecule has 8 heteroatoms. The molecule has 1 aromatic heterocycles. The fraction of sp³-hybridized carbons (Fsp3) is 0. The van der Waals surface area contributed by atoms with E-state index in [1.807, 2.05) is 0 Å². The molecule has 1 heterocycles. The van der Waals surface area contributed by atoms with Crippen LogP contribution in [0.3, 0.4) is 0 Å². The maximum atomic E-state index is 12.8. The molecule has 0 amide bonds. The highest BCUT2D eigenvalue weighted by Gasteiger charge is 2.29. The summed E-state index contributed by atoms with van der Waals surface area (Å²) >= 11 is 0. The molecule has 2 N–H and O–H groups in total. The predicted molar refractivity (Wildman–Crippen MR) is 38.0 cm³/mol. The first kappa shape index (κ1) is 11.0. The van der Waals surface area contributed by atoms with Gasteiger partial charge in [-0.05, 0) is 0 Å². The molecule has 0 saturated heterocycles. The zero-order valence-corrected chi connectivity index (χ0v) is 6.79. The van der Waals surface area contributed by atoms with E-state index in [2.05, 4.69) is 4.98 Å². The second-order valence-corrected chi connectivity index (χ2v) is 2.37. The third-order valence-corrected chi connectivity index (χ3v) is 1.48. The summed E-state index contributed by atoms with van der Waals surface area (Å²) in [6.45, 7) is 0. The minimum absolute atomic E-state index is 1.51. The highest BCUT2D eigenvalue weighted by atomic mass is 19.2. The molecule has 0 atom stereocenters. The van der Waals surface area contributed by atoms with Crippen LogP contribution in [0.15, 0.2) is 0 Å². The summed E-state index contributed by atoms with van der Waals surface area (Å²) in [5.41, 5.74) is -3.10. The van der Waals surface area contributed by atoms with Gasteiger partial charge in [-0.25, -0.2) is 14.0 Å². The molecule has 1 aromatic rings. The van der Waals surface area contributed by atoms with E-state index < -0.39 is 40.8 Å². The van der Waals surface area contributed by atoms with Gasteiger partial charge in [0.2, 0.25) is 5.95 Å². The monoisotopic (exact) mass is 221 g/mol. The Kier molecular flexibility index (Phi) is 2.60. The first-order valence-electron chi connectivity index (χ1n) is 3.37. The molecule has 0 radical (unpaired) electrons. The Morgan fingerprint density at radius 2 is 1.40 bits per heavy atom. The number of aromatic carboxylic acids is 2. The fourth-order valence-electron chi connectivity index (χ4n) is 0.903. The third kappa shape index (κ3) is 1.73. The summed E-state index contributed by atoms with van der Waals surface area (Å²) in [7, 11) is 0. The molecule has 0 spiro atoms. The van der Waals surface area contributed by atoms with Crippen LogP contribution in [-0.2, 0) is 0 Å². The number of halogens is 3.